The molecule has 0 unspecified atom stereocenters. The van der Waals surface area contributed by atoms with Crippen molar-refractivity contribution < 1.29 is 0 Å². The van der Waals surface area contributed by atoms with Gasteiger partial charge in [-0.25, -0.2) is 9.89 Å². The number of hydrogen-bond donors (Lipinski definition) is 1. The lowest BCUT2D eigenvalue weighted by Gasteiger charge is -2.11. The second-order valence-corrected chi connectivity index (χ2v) is 4.36. The molecule has 1 aromatic heterocycles. The van der Waals surface area contributed by atoms with Crippen molar-refractivity contribution in [3.8, 4) is 0 Å². The molecule has 0 radical (unpaired) electrons. The Balaban J connectivity index is 2.10. The zero-order chi connectivity index (χ0) is 11.1. The van der Waals surface area contributed by atoms with Gasteiger partial charge in [0.15, 0.2) is 0 Å². The molecule has 0 saturated heterocycles. The molecule has 1 aliphatic rings. The van der Waals surface area contributed by atoms with E-state index in [2.05, 4.69) is 10.2 Å². The predicted molar refractivity (Wildman–Crippen MR) is 60.8 cm³/mol. The summed E-state index contributed by atoms with van der Waals surface area (Å²) in [6.07, 6.45) is 1.74. The second kappa shape index (κ2) is 3.49. The van der Waals surface area contributed by atoms with E-state index in [9.17, 15) is 4.79 Å². The van der Waals surface area contributed by atoms with Crippen molar-refractivity contribution in [3.05, 3.63) is 51.2 Å². The Bertz CT molecular complexity index is 587. The number of aromatic amines is 1. The van der Waals surface area contributed by atoms with Gasteiger partial charge in [-0.2, -0.15) is 5.10 Å². The van der Waals surface area contributed by atoms with E-state index in [1.807, 2.05) is 24.3 Å². The molecule has 16 heavy (non-hydrogen) atoms. The van der Waals surface area contributed by atoms with Crippen LogP contribution >= 0.6 is 11.6 Å². The average molecular weight is 236 g/mol. The molecule has 82 valence electrons. The Morgan fingerprint density at radius 2 is 2.38 bits per heavy atom. The number of nitrogens with zero attached hydrogens (tertiary/aromatic N) is 2. The third kappa shape index (κ3) is 1.38. The van der Waals surface area contributed by atoms with Gasteiger partial charge in [-0.3, -0.25) is 4.57 Å². The largest absolute Gasteiger partial charge is 0.343 e. The zero-order valence-corrected chi connectivity index (χ0v) is 9.24. The number of fused-ring (bicyclic) bond motifs is 1. The maximum atomic E-state index is 11.6. The van der Waals surface area contributed by atoms with Crippen LogP contribution in [0.5, 0.6) is 0 Å². The van der Waals surface area contributed by atoms with Crippen LogP contribution in [0.25, 0.3) is 0 Å². The third-order valence-corrected chi connectivity index (χ3v) is 3.20. The molecule has 2 aromatic rings. The lowest BCUT2D eigenvalue weighted by atomic mass is 10.1. The van der Waals surface area contributed by atoms with E-state index in [-0.39, 0.29) is 11.7 Å². The fourth-order valence-corrected chi connectivity index (χ4v) is 2.46. The van der Waals surface area contributed by atoms with Crippen molar-refractivity contribution in [2.45, 2.75) is 18.9 Å². The van der Waals surface area contributed by atoms with Crippen molar-refractivity contribution in [1.29, 1.82) is 0 Å². The van der Waals surface area contributed by atoms with E-state index >= 15 is 0 Å². The number of hydrogen-bond acceptors (Lipinski definition) is 2. The summed E-state index contributed by atoms with van der Waals surface area (Å²) in [5.41, 5.74) is 0.923. The number of aromatic nitrogens is 3. The van der Waals surface area contributed by atoms with Crippen LogP contribution in [0.2, 0.25) is 5.02 Å². The molecule has 0 saturated carbocycles. The van der Waals surface area contributed by atoms with Gasteiger partial charge in [0.2, 0.25) is 0 Å². The summed E-state index contributed by atoms with van der Waals surface area (Å²) in [5, 5.41) is 7.16. The van der Waals surface area contributed by atoms with Gasteiger partial charge in [0.1, 0.15) is 5.82 Å². The van der Waals surface area contributed by atoms with Gasteiger partial charge >= 0.3 is 5.69 Å². The lowest BCUT2D eigenvalue weighted by molar-refractivity contribution is 0.598. The molecular formula is C11H10ClN3O. The first-order valence-electron chi connectivity index (χ1n) is 5.17. The minimum atomic E-state index is -0.141. The van der Waals surface area contributed by atoms with Gasteiger partial charge in [-0.15, -0.1) is 0 Å². The van der Waals surface area contributed by atoms with Crippen molar-refractivity contribution in [1.82, 2.24) is 14.8 Å². The maximum Gasteiger partial charge on any atom is 0.343 e. The van der Waals surface area contributed by atoms with Crippen LogP contribution in [0.1, 0.15) is 23.9 Å². The maximum absolute atomic E-state index is 11.6. The summed E-state index contributed by atoms with van der Waals surface area (Å²) in [7, 11) is 0. The molecule has 0 fully saturated rings. The molecule has 1 aromatic carbocycles. The smallest absolute Gasteiger partial charge is 0.271 e. The van der Waals surface area contributed by atoms with E-state index in [0.29, 0.717) is 5.02 Å². The lowest BCUT2D eigenvalue weighted by Crippen LogP contribution is -2.20. The highest BCUT2D eigenvalue weighted by atomic mass is 35.5. The molecule has 2 heterocycles. The highest BCUT2D eigenvalue weighted by Crippen LogP contribution is 2.29. The molecule has 4 nitrogen and oxygen atoms in total. The molecule has 0 bridgehead atoms. The van der Waals surface area contributed by atoms with Crippen LogP contribution in [0, 0.1) is 0 Å². The first-order valence-corrected chi connectivity index (χ1v) is 5.55. The quantitative estimate of drug-likeness (QED) is 0.819. The van der Waals surface area contributed by atoms with Crippen LogP contribution in [-0.2, 0) is 6.42 Å². The Morgan fingerprint density at radius 1 is 1.50 bits per heavy atom. The summed E-state index contributed by atoms with van der Waals surface area (Å²) in [6, 6.07) is 7.70. The standard InChI is InChI=1S/C11H10ClN3O/c12-8-3-1-2-7(6-8)9-4-5-10-13-14-11(16)15(9)10/h1-3,6,9H,4-5H2,(H,14,16)/t9-/m0/s1. The van der Waals surface area contributed by atoms with Gasteiger partial charge in [-0.05, 0) is 24.1 Å². The monoisotopic (exact) mass is 235 g/mol. The number of aryl methyl sites for hydroxylation is 1. The minimum absolute atomic E-state index is 0.0694. The Kier molecular flexibility index (Phi) is 2.11. The summed E-state index contributed by atoms with van der Waals surface area (Å²) in [5.74, 6) is 0.829. The van der Waals surface area contributed by atoms with E-state index in [1.54, 1.807) is 4.57 Å². The van der Waals surface area contributed by atoms with E-state index in [0.717, 1.165) is 24.2 Å². The van der Waals surface area contributed by atoms with Crippen molar-refractivity contribution in [2.75, 3.05) is 0 Å². The van der Waals surface area contributed by atoms with Gasteiger partial charge in [0, 0.05) is 11.4 Å². The number of halogens is 1. The normalized spacial score (nSPS) is 18.7. The highest BCUT2D eigenvalue weighted by Gasteiger charge is 2.26. The Labute approximate surface area is 96.9 Å². The average Bonchev–Trinajstić information content (AvgIpc) is 2.82. The van der Waals surface area contributed by atoms with Crippen molar-refractivity contribution in [2.24, 2.45) is 0 Å². The van der Waals surface area contributed by atoms with Crippen molar-refractivity contribution in [3.63, 3.8) is 0 Å². The molecule has 1 atom stereocenters. The fourth-order valence-electron chi connectivity index (χ4n) is 2.26. The van der Waals surface area contributed by atoms with E-state index in [4.69, 9.17) is 11.6 Å². The SMILES string of the molecule is O=c1[nH]nc2n1[C@H](c1cccc(Cl)c1)CC2. The number of benzene rings is 1. The van der Waals surface area contributed by atoms with Crippen LogP contribution < -0.4 is 5.69 Å². The molecule has 1 N–H and O–H groups in total. The molecular weight excluding hydrogens is 226 g/mol. The molecule has 0 aliphatic carbocycles. The number of H-pyrrole nitrogens is 1. The summed E-state index contributed by atoms with van der Waals surface area (Å²) in [4.78, 5) is 11.6. The zero-order valence-electron chi connectivity index (χ0n) is 8.48. The van der Waals surface area contributed by atoms with Gasteiger partial charge < -0.3 is 0 Å². The topological polar surface area (TPSA) is 50.7 Å². The van der Waals surface area contributed by atoms with Gasteiger partial charge in [0.25, 0.3) is 0 Å². The highest BCUT2D eigenvalue weighted by molar-refractivity contribution is 6.30. The number of rotatable bonds is 1. The van der Waals surface area contributed by atoms with Gasteiger partial charge in [0.05, 0.1) is 6.04 Å². The second-order valence-electron chi connectivity index (χ2n) is 3.92. The first-order chi connectivity index (χ1) is 7.75. The fraction of sp³-hybridized carbons (Fsp3) is 0.273. The Morgan fingerprint density at radius 3 is 3.19 bits per heavy atom. The molecule has 5 heteroatoms. The molecule has 0 spiro atoms. The van der Waals surface area contributed by atoms with Crippen molar-refractivity contribution >= 4 is 11.6 Å². The summed E-state index contributed by atoms with van der Waals surface area (Å²) >= 11 is 5.95. The van der Waals surface area contributed by atoms with Gasteiger partial charge in [-0.1, -0.05) is 23.7 Å². The summed E-state index contributed by atoms with van der Waals surface area (Å²) in [6.45, 7) is 0. The molecule has 1 aliphatic heterocycles. The van der Waals surface area contributed by atoms with Crippen LogP contribution in [-0.4, -0.2) is 14.8 Å². The first kappa shape index (κ1) is 9.66. The molecule has 3 rings (SSSR count). The van der Waals surface area contributed by atoms with Crippen LogP contribution in [0.15, 0.2) is 29.1 Å². The van der Waals surface area contributed by atoms with E-state index in [1.165, 1.54) is 0 Å². The predicted octanol–water partition coefficient (Wildman–Crippen LogP) is 1.76. The third-order valence-electron chi connectivity index (χ3n) is 2.96. The van der Waals surface area contributed by atoms with Crippen LogP contribution in [0.3, 0.4) is 0 Å². The molecule has 0 amide bonds. The minimum Gasteiger partial charge on any atom is -0.271 e. The number of nitrogens with one attached hydrogen (secondary N) is 1. The summed E-state index contributed by atoms with van der Waals surface area (Å²) < 4.78 is 1.71. The van der Waals surface area contributed by atoms with Crippen LogP contribution in [0.4, 0.5) is 0 Å². The van der Waals surface area contributed by atoms with E-state index < -0.39 is 0 Å². The Hall–Kier alpha value is -1.55.